The number of halogens is 1. The lowest BCUT2D eigenvalue weighted by molar-refractivity contribution is -0.121. The molecule has 31 heavy (non-hydrogen) atoms. The van der Waals surface area contributed by atoms with Gasteiger partial charge in [-0.2, -0.15) is 0 Å². The average molecular weight is 539 g/mol. The molecule has 7 nitrogen and oxygen atoms in total. The highest BCUT2D eigenvalue weighted by Gasteiger charge is 2.13. The van der Waals surface area contributed by atoms with E-state index in [1.54, 1.807) is 6.20 Å². The standard InChI is InChI=1S/C23H33N5O2.HI/c1-17(2)30-20-11-9-19(10-12-20)27-22(26-16-21(29)28-23(3,4)5)25-15-13-18-8-6-7-14-24-18;/h6-12,14,17H,13,15-16H2,1-5H3,(H,28,29)(H2,25,26,27);1H. The van der Waals surface area contributed by atoms with Gasteiger partial charge in [-0.05, 0) is 71.0 Å². The molecule has 2 rings (SSSR count). The fourth-order valence-corrected chi connectivity index (χ4v) is 2.63. The number of guanidine groups is 1. The summed E-state index contributed by atoms with van der Waals surface area (Å²) in [6.45, 7) is 10.5. The molecule has 0 aliphatic heterocycles. The molecule has 0 fully saturated rings. The minimum absolute atomic E-state index is 0. The Morgan fingerprint density at radius 2 is 1.84 bits per heavy atom. The van der Waals surface area contributed by atoms with Gasteiger partial charge in [0.1, 0.15) is 12.3 Å². The molecule has 2 aromatic rings. The van der Waals surface area contributed by atoms with E-state index in [2.05, 4.69) is 25.9 Å². The van der Waals surface area contributed by atoms with Crippen LogP contribution >= 0.6 is 24.0 Å². The SMILES string of the molecule is CC(C)Oc1ccc(NC(=NCC(=O)NC(C)(C)C)NCCc2ccccn2)cc1.I. The summed E-state index contributed by atoms with van der Waals surface area (Å²) in [7, 11) is 0. The number of nitrogens with one attached hydrogen (secondary N) is 3. The van der Waals surface area contributed by atoms with E-state index in [1.165, 1.54) is 0 Å². The van der Waals surface area contributed by atoms with Crippen molar-refractivity contribution in [3.05, 3.63) is 54.4 Å². The smallest absolute Gasteiger partial charge is 0.242 e. The van der Waals surface area contributed by atoms with Crippen LogP contribution in [0.3, 0.4) is 0 Å². The molecule has 8 heteroatoms. The molecule has 3 N–H and O–H groups in total. The van der Waals surface area contributed by atoms with Crippen LogP contribution in [0.15, 0.2) is 53.7 Å². The first-order valence-corrected chi connectivity index (χ1v) is 10.2. The van der Waals surface area contributed by atoms with Gasteiger partial charge in [-0.1, -0.05) is 6.07 Å². The van der Waals surface area contributed by atoms with E-state index in [0.29, 0.717) is 12.5 Å². The quantitative estimate of drug-likeness (QED) is 0.268. The monoisotopic (exact) mass is 539 g/mol. The maximum absolute atomic E-state index is 12.2. The van der Waals surface area contributed by atoms with Crippen molar-refractivity contribution in [3.8, 4) is 5.75 Å². The highest BCUT2D eigenvalue weighted by Crippen LogP contribution is 2.16. The molecule has 0 spiro atoms. The van der Waals surface area contributed by atoms with Crippen molar-refractivity contribution in [2.45, 2.75) is 52.7 Å². The molecule has 1 aromatic heterocycles. The normalized spacial score (nSPS) is 11.5. The number of aromatic nitrogens is 1. The number of carbonyl (C=O) groups is 1. The molecule has 0 radical (unpaired) electrons. The Kier molecular flexibility index (Phi) is 11.3. The summed E-state index contributed by atoms with van der Waals surface area (Å²) < 4.78 is 5.68. The number of carbonyl (C=O) groups excluding carboxylic acids is 1. The number of amides is 1. The number of benzene rings is 1. The van der Waals surface area contributed by atoms with E-state index in [1.807, 2.05) is 77.1 Å². The van der Waals surface area contributed by atoms with Crippen molar-refractivity contribution >= 4 is 41.5 Å². The van der Waals surface area contributed by atoms with Gasteiger partial charge in [0.25, 0.3) is 0 Å². The van der Waals surface area contributed by atoms with Crippen molar-refractivity contribution in [2.75, 3.05) is 18.4 Å². The zero-order chi connectivity index (χ0) is 22.0. The van der Waals surface area contributed by atoms with Gasteiger partial charge in [-0.3, -0.25) is 9.78 Å². The van der Waals surface area contributed by atoms with Crippen LogP contribution in [-0.2, 0) is 11.2 Å². The van der Waals surface area contributed by atoms with Crippen LogP contribution in [0.1, 0.15) is 40.3 Å². The van der Waals surface area contributed by atoms with Gasteiger partial charge in [0, 0.05) is 36.1 Å². The Balaban J connectivity index is 0.00000480. The topological polar surface area (TPSA) is 87.6 Å². The highest BCUT2D eigenvalue weighted by molar-refractivity contribution is 14.0. The van der Waals surface area contributed by atoms with Gasteiger partial charge in [0.05, 0.1) is 6.10 Å². The lowest BCUT2D eigenvalue weighted by atomic mass is 10.1. The third kappa shape index (κ3) is 11.6. The Hall–Kier alpha value is -2.36. The molecule has 0 unspecified atom stereocenters. The number of nitrogens with zero attached hydrogens (tertiary/aromatic N) is 2. The van der Waals surface area contributed by atoms with Crippen molar-refractivity contribution in [1.29, 1.82) is 0 Å². The maximum atomic E-state index is 12.2. The van der Waals surface area contributed by atoms with E-state index >= 15 is 0 Å². The predicted molar refractivity (Wildman–Crippen MR) is 137 cm³/mol. The van der Waals surface area contributed by atoms with E-state index in [4.69, 9.17) is 4.74 Å². The lowest BCUT2D eigenvalue weighted by Crippen LogP contribution is -2.42. The minimum Gasteiger partial charge on any atom is -0.491 e. The Labute approximate surface area is 202 Å². The number of rotatable bonds is 8. The molecule has 170 valence electrons. The molecule has 1 aromatic carbocycles. The highest BCUT2D eigenvalue weighted by atomic mass is 127. The largest absolute Gasteiger partial charge is 0.491 e. The summed E-state index contributed by atoms with van der Waals surface area (Å²) in [6.07, 6.45) is 2.65. The average Bonchev–Trinajstić information content (AvgIpc) is 2.66. The second kappa shape index (κ2) is 13.1. The van der Waals surface area contributed by atoms with Crippen LogP contribution in [-0.4, -0.2) is 41.6 Å². The van der Waals surface area contributed by atoms with Crippen molar-refractivity contribution in [1.82, 2.24) is 15.6 Å². The van der Waals surface area contributed by atoms with Gasteiger partial charge in [-0.15, -0.1) is 24.0 Å². The Morgan fingerprint density at radius 1 is 1.13 bits per heavy atom. The predicted octanol–water partition coefficient (Wildman–Crippen LogP) is 4.00. The van der Waals surface area contributed by atoms with Crippen LogP contribution in [0, 0.1) is 0 Å². The molecular formula is C23H34IN5O2. The van der Waals surface area contributed by atoms with Crippen LogP contribution in [0.4, 0.5) is 5.69 Å². The van der Waals surface area contributed by atoms with Gasteiger partial charge in [-0.25, -0.2) is 4.99 Å². The lowest BCUT2D eigenvalue weighted by Gasteiger charge is -2.20. The number of aliphatic imine (C=N–C) groups is 1. The number of anilines is 1. The molecule has 0 saturated carbocycles. The fourth-order valence-electron chi connectivity index (χ4n) is 2.63. The third-order valence-electron chi connectivity index (χ3n) is 3.78. The summed E-state index contributed by atoms with van der Waals surface area (Å²) >= 11 is 0. The molecule has 1 heterocycles. The summed E-state index contributed by atoms with van der Waals surface area (Å²) in [5.74, 6) is 1.21. The first-order chi connectivity index (χ1) is 14.2. The minimum atomic E-state index is -0.293. The number of hydrogen-bond donors (Lipinski definition) is 3. The molecule has 0 aliphatic rings. The van der Waals surface area contributed by atoms with Crippen molar-refractivity contribution in [3.63, 3.8) is 0 Å². The summed E-state index contributed by atoms with van der Waals surface area (Å²) in [4.78, 5) is 20.9. The van der Waals surface area contributed by atoms with E-state index in [0.717, 1.165) is 23.6 Å². The Bertz CT molecular complexity index is 818. The number of pyridine rings is 1. The third-order valence-corrected chi connectivity index (χ3v) is 3.78. The zero-order valence-corrected chi connectivity index (χ0v) is 21.3. The Morgan fingerprint density at radius 3 is 2.42 bits per heavy atom. The second-order valence-electron chi connectivity index (χ2n) is 8.28. The van der Waals surface area contributed by atoms with Gasteiger partial charge in [0.2, 0.25) is 5.91 Å². The van der Waals surface area contributed by atoms with Crippen LogP contribution < -0.4 is 20.7 Å². The van der Waals surface area contributed by atoms with Gasteiger partial charge in [0.15, 0.2) is 5.96 Å². The molecule has 0 bridgehead atoms. The van der Waals surface area contributed by atoms with E-state index < -0.39 is 0 Å². The fraction of sp³-hybridized carbons (Fsp3) is 0.435. The summed E-state index contributed by atoms with van der Waals surface area (Å²) in [6, 6.07) is 13.5. The first kappa shape index (κ1) is 26.7. The first-order valence-electron chi connectivity index (χ1n) is 10.2. The van der Waals surface area contributed by atoms with Crippen LogP contribution in [0.2, 0.25) is 0 Å². The zero-order valence-electron chi connectivity index (χ0n) is 18.9. The number of ether oxygens (including phenoxy) is 1. The van der Waals surface area contributed by atoms with Crippen LogP contribution in [0.25, 0.3) is 0 Å². The van der Waals surface area contributed by atoms with E-state index in [9.17, 15) is 4.79 Å². The van der Waals surface area contributed by atoms with E-state index in [-0.39, 0.29) is 48.1 Å². The molecule has 0 atom stereocenters. The summed E-state index contributed by atoms with van der Waals surface area (Å²) in [5, 5.41) is 9.43. The van der Waals surface area contributed by atoms with Gasteiger partial charge >= 0.3 is 0 Å². The molecule has 1 amide bonds. The van der Waals surface area contributed by atoms with Crippen LogP contribution in [0.5, 0.6) is 5.75 Å². The number of hydrogen-bond acceptors (Lipinski definition) is 4. The molecular weight excluding hydrogens is 505 g/mol. The van der Waals surface area contributed by atoms with Gasteiger partial charge < -0.3 is 20.7 Å². The molecule has 0 aliphatic carbocycles. The maximum Gasteiger partial charge on any atom is 0.242 e. The second-order valence-corrected chi connectivity index (χ2v) is 8.28. The van der Waals surface area contributed by atoms with Crippen molar-refractivity contribution < 1.29 is 9.53 Å². The van der Waals surface area contributed by atoms with Crippen molar-refractivity contribution in [2.24, 2.45) is 4.99 Å². The summed E-state index contributed by atoms with van der Waals surface area (Å²) in [5.41, 5.74) is 1.55. The molecule has 0 saturated heterocycles.